The van der Waals surface area contributed by atoms with Gasteiger partial charge in [-0.3, -0.25) is 4.57 Å². The molecule has 0 aliphatic heterocycles. The van der Waals surface area contributed by atoms with Crippen molar-refractivity contribution in [2.45, 2.75) is 57.8 Å². The molecule has 3 aliphatic rings. The van der Waals surface area contributed by atoms with E-state index in [4.69, 9.17) is 4.98 Å². The van der Waals surface area contributed by atoms with Crippen LogP contribution in [0.15, 0.2) is 145 Å². The Bertz CT molecular complexity index is 2740. The molecule has 0 spiro atoms. The van der Waals surface area contributed by atoms with Crippen LogP contribution in [0, 0.1) is 5.92 Å². The summed E-state index contributed by atoms with van der Waals surface area (Å²) >= 11 is 0. The molecule has 0 N–H and O–H groups in total. The normalized spacial score (nSPS) is 17.0. The molecular weight excluding hydrogens is 655 g/mol. The monoisotopic (exact) mass is 697 g/mol. The van der Waals surface area contributed by atoms with Crippen LogP contribution in [0.5, 0.6) is 0 Å². The Hall–Kier alpha value is -5.93. The highest BCUT2D eigenvalue weighted by Crippen LogP contribution is 2.46. The summed E-state index contributed by atoms with van der Waals surface area (Å²) in [6, 6.07) is 48.8. The Morgan fingerprint density at radius 1 is 0.500 bits per heavy atom. The molecule has 5 aromatic carbocycles. The van der Waals surface area contributed by atoms with E-state index in [-0.39, 0.29) is 0 Å². The van der Waals surface area contributed by atoms with E-state index in [9.17, 15) is 0 Å². The minimum Gasteiger partial charge on any atom is -0.317 e. The maximum Gasteiger partial charge on any atom is 0.138 e. The van der Waals surface area contributed by atoms with Gasteiger partial charge in [0.15, 0.2) is 0 Å². The van der Waals surface area contributed by atoms with Crippen molar-refractivity contribution in [2.24, 2.45) is 5.92 Å². The third kappa shape index (κ3) is 5.13. The summed E-state index contributed by atoms with van der Waals surface area (Å²) in [5.74, 6) is 1.72. The maximum atomic E-state index is 5.34. The van der Waals surface area contributed by atoms with Crippen molar-refractivity contribution >= 4 is 44.5 Å². The van der Waals surface area contributed by atoms with Gasteiger partial charge in [-0.25, -0.2) is 4.98 Å². The predicted octanol–water partition coefficient (Wildman–Crippen LogP) is 13.7. The first-order valence-electron chi connectivity index (χ1n) is 20.0. The van der Waals surface area contributed by atoms with Gasteiger partial charge in [-0.05, 0) is 128 Å². The lowest BCUT2D eigenvalue weighted by atomic mass is 9.76. The smallest absolute Gasteiger partial charge is 0.138 e. The Morgan fingerprint density at radius 2 is 1.20 bits per heavy atom. The minimum atomic E-state index is 0.795. The molecule has 0 radical (unpaired) electrons. The number of rotatable bonds is 5. The molecule has 1 saturated carbocycles. The highest BCUT2D eigenvalue weighted by Gasteiger charge is 2.29. The summed E-state index contributed by atoms with van der Waals surface area (Å²) in [5, 5.41) is 3.87. The second kappa shape index (κ2) is 12.9. The van der Waals surface area contributed by atoms with Crippen molar-refractivity contribution in [2.75, 3.05) is 0 Å². The Kier molecular flexibility index (Phi) is 7.53. The number of nitrogens with zero attached hydrogens (tertiary/aromatic N) is 3. The van der Waals surface area contributed by atoms with Crippen LogP contribution >= 0.6 is 0 Å². The Balaban J connectivity index is 1.08. The number of pyridine rings is 1. The standard InChI is InChI=1S/C51H43N3/c1-3-14-34(15-4-1)39-32-45(36-17-5-2-6-18-36)52-51(33-39)54-48-24-12-10-22-42(48)44-31-38(27-29-50(44)54)37-26-28-49-43(30-37)41-21-9-11-23-47(41)53(49)46-25-13-19-35-16-7-8-20-40(35)46/h1-6,9-10,12,14-15,17-18,21-22,24,26-33,35H,7-8,11,13,16,19-20,23,25H2. The van der Waals surface area contributed by atoms with Crippen LogP contribution in [-0.4, -0.2) is 14.1 Å². The molecule has 0 bridgehead atoms. The van der Waals surface area contributed by atoms with Gasteiger partial charge in [0.25, 0.3) is 0 Å². The first kappa shape index (κ1) is 31.6. The van der Waals surface area contributed by atoms with Gasteiger partial charge >= 0.3 is 0 Å². The average Bonchev–Trinajstić information content (AvgIpc) is 3.76. The van der Waals surface area contributed by atoms with Crippen molar-refractivity contribution in [3.63, 3.8) is 0 Å². The van der Waals surface area contributed by atoms with E-state index < -0.39 is 0 Å². The first-order chi connectivity index (χ1) is 26.8. The van der Waals surface area contributed by atoms with Crippen LogP contribution in [0.4, 0.5) is 0 Å². The van der Waals surface area contributed by atoms with Crippen molar-refractivity contribution in [1.82, 2.24) is 14.1 Å². The van der Waals surface area contributed by atoms with E-state index in [1.165, 1.54) is 94.6 Å². The zero-order valence-electron chi connectivity index (χ0n) is 30.6. The highest BCUT2D eigenvalue weighted by atomic mass is 15.1. The van der Waals surface area contributed by atoms with Gasteiger partial charge in [-0.1, -0.05) is 110 Å². The molecule has 3 heterocycles. The van der Waals surface area contributed by atoms with E-state index in [1.807, 2.05) is 0 Å². The van der Waals surface area contributed by atoms with Crippen molar-refractivity contribution < 1.29 is 0 Å². The number of allylic oxidation sites excluding steroid dienone is 3. The molecule has 3 nitrogen and oxygen atoms in total. The van der Waals surface area contributed by atoms with Crippen molar-refractivity contribution in [1.29, 1.82) is 0 Å². The zero-order chi connectivity index (χ0) is 35.6. The van der Waals surface area contributed by atoms with E-state index in [0.29, 0.717) is 0 Å². The van der Waals surface area contributed by atoms with Gasteiger partial charge in [0.2, 0.25) is 0 Å². The van der Waals surface area contributed by atoms with Gasteiger partial charge in [0, 0.05) is 38.7 Å². The summed E-state index contributed by atoms with van der Waals surface area (Å²) < 4.78 is 5.08. The lowest BCUT2D eigenvalue weighted by molar-refractivity contribution is 0.402. The van der Waals surface area contributed by atoms with Crippen molar-refractivity contribution in [3.8, 4) is 39.3 Å². The van der Waals surface area contributed by atoms with E-state index >= 15 is 0 Å². The summed E-state index contributed by atoms with van der Waals surface area (Å²) in [7, 11) is 0. The topological polar surface area (TPSA) is 22.8 Å². The van der Waals surface area contributed by atoms with Crippen LogP contribution in [0.2, 0.25) is 0 Å². The number of para-hydroxylation sites is 1. The molecule has 1 atom stereocenters. The summed E-state index contributed by atoms with van der Waals surface area (Å²) in [4.78, 5) is 5.34. The van der Waals surface area contributed by atoms with E-state index in [0.717, 1.165) is 52.4 Å². The van der Waals surface area contributed by atoms with Gasteiger partial charge < -0.3 is 4.57 Å². The second-order valence-electron chi connectivity index (χ2n) is 15.6. The lowest BCUT2D eigenvalue weighted by Gasteiger charge is -2.34. The molecular formula is C51H43N3. The third-order valence-electron chi connectivity index (χ3n) is 12.5. The fraction of sp³-hybridized carbons (Fsp3) is 0.196. The van der Waals surface area contributed by atoms with Crippen molar-refractivity contribution in [3.05, 3.63) is 156 Å². The third-order valence-corrected chi connectivity index (χ3v) is 12.5. The number of benzene rings is 5. The van der Waals surface area contributed by atoms with Crippen LogP contribution in [0.25, 0.3) is 83.8 Å². The van der Waals surface area contributed by atoms with Gasteiger partial charge in [-0.2, -0.15) is 0 Å². The van der Waals surface area contributed by atoms with E-state index in [1.54, 1.807) is 11.3 Å². The number of fused-ring (bicyclic) bond motifs is 7. The Labute approximate surface area is 316 Å². The van der Waals surface area contributed by atoms with Gasteiger partial charge in [0.1, 0.15) is 5.82 Å². The van der Waals surface area contributed by atoms with Crippen LogP contribution < -0.4 is 0 Å². The molecule has 11 rings (SSSR count). The van der Waals surface area contributed by atoms with Crippen LogP contribution in [0.1, 0.15) is 62.6 Å². The second-order valence-corrected chi connectivity index (χ2v) is 15.6. The summed E-state index contributed by atoms with van der Waals surface area (Å²) in [5.41, 5.74) is 17.0. The maximum absolute atomic E-state index is 5.34. The molecule has 8 aromatic rings. The highest BCUT2D eigenvalue weighted by molar-refractivity contribution is 6.10. The van der Waals surface area contributed by atoms with Crippen LogP contribution in [-0.2, 0) is 6.42 Å². The minimum absolute atomic E-state index is 0.795. The quantitative estimate of drug-likeness (QED) is 0.176. The van der Waals surface area contributed by atoms with Crippen LogP contribution in [0.3, 0.4) is 0 Å². The molecule has 1 unspecified atom stereocenters. The number of aromatic nitrogens is 3. The number of hydrogen-bond donors (Lipinski definition) is 0. The molecule has 0 amide bonds. The molecule has 262 valence electrons. The molecule has 3 aromatic heterocycles. The molecule has 0 saturated heterocycles. The number of hydrogen-bond acceptors (Lipinski definition) is 1. The van der Waals surface area contributed by atoms with Gasteiger partial charge in [0.05, 0.1) is 22.2 Å². The largest absolute Gasteiger partial charge is 0.317 e. The SMILES string of the molecule is C1=Cc2c(n(C3=C4CCCCC4CCC3)c3ccc(-c4ccc5c(c4)c4ccccc4n5-c4cc(-c5ccccc5)cc(-c5ccccc5)n4)cc23)CC1. The molecule has 1 fully saturated rings. The predicted molar refractivity (Wildman–Crippen MR) is 227 cm³/mol. The summed E-state index contributed by atoms with van der Waals surface area (Å²) in [6.45, 7) is 0. The van der Waals surface area contributed by atoms with Gasteiger partial charge in [-0.15, -0.1) is 0 Å². The first-order valence-corrected chi connectivity index (χ1v) is 20.0. The summed E-state index contributed by atoms with van der Waals surface area (Å²) in [6.07, 6.45) is 16.4. The van der Waals surface area contributed by atoms with E-state index in [2.05, 4.69) is 155 Å². The molecule has 3 aliphatic carbocycles. The Morgan fingerprint density at radius 3 is 2.04 bits per heavy atom. The zero-order valence-corrected chi connectivity index (χ0v) is 30.6. The fourth-order valence-electron chi connectivity index (χ4n) is 10.0. The molecule has 54 heavy (non-hydrogen) atoms. The average molecular weight is 698 g/mol. The molecule has 3 heteroatoms. The fourth-order valence-corrected chi connectivity index (χ4v) is 10.0. The lowest BCUT2D eigenvalue weighted by Crippen LogP contribution is -2.19.